The van der Waals surface area contributed by atoms with Gasteiger partial charge in [-0.2, -0.15) is 0 Å². The third kappa shape index (κ3) is 2.34. The first-order chi connectivity index (χ1) is 11.8. The molecule has 0 aliphatic carbocycles. The number of carbonyl (C=O) groups excluding carboxylic acids is 1. The molecule has 0 spiro atoms. The molecular formula is C21H15O2S+. The molecule has 0 saturated carbocycles. The number of ether oxygens (including phenoxy) is 1. The summed E-state index contributed by atoms with van der Waals surface area (Å²) in [4.78, 5) is 12.3. The summed E-state index contributed by atoms with van der Waals surface area (Å²) >= 11 is 1.76. The van der Waals surface area contributed by atoms with Crippen LogP contribution in [0.3, 0.4) is 0 Å². The number of rotatable bonds is 2. The molecule has 0 saturated heterocycles. The van der Waals surface area contributed by atoms with E-state index in [1.165, 1.54) is 16.5 Å². The highest BCUT2D eigenvalue weighted by Crippen LogP contribution is 2.40. The van der Waals surface area contributed by atoms with Crippen LogP contribution in [0, 0.1) is 0 Å². The minimum absolute atomic E-state index is 0.314. The zero-order valence-corrected chi connectivity index (χ0v) is 14.0. The Bertz CT molecular complexity index is 1020. The normalized spacial score (nSPS) is 10.9. The molecule has 0 N–H and O–H groups in total. The van der Waals surface area contributed by atoms with Crippen molar-refractivity contribution in [2.24, 2.45) is 0 Å². The van der Waals surface area contributed by atoms with Gasteiger partial charge in [-0.3, -0.25) is 0 Å². The standard InChI is InChI=1S/C21H15O2S/c1-23-21(22)15-9-3-2-8-14(15)20-16-10-4-6-12-18(16)24-19-13-7-5-11-17(19)20/h2-13H,1H3/q+1. The number of hydrogen-bond acceptors (Lipinski definition) is 2. The fourth-order valence-corrected chi connectivity index (χ4v) is 4.16. The molecule has 0 bridgehead atoms. The van der Waals surface area contributed by atoms with Crippen molar-refractivity contribution in [1.82, 2.24) is 0 Å². The van der Waals surface area contributed by atoms with Crippen LogP contribution in [0.1, 0.15) is 10.4 Å². The van der Waals surface area contributed by atoms with Crippen LogP contribution in [0.5, 0.6) is 0 Å². The summed E-state index contributed by atoms with van der Waals surface area (Å²) in [6.45, 7) is 0. The lowest BCUT2D eigenvalue weighted by Gasteiger charge is -2.10. The Hall–Kier alpha value is -2.78. The summed E-state index contributed by atoms with van der Waals surface area (Å²) < 4.78 is 7.39. The van der Waals surface area contributed by atoms with Crippen LogP contribution in [-0.2, 0) is 4.74 Å². The van der Waals surface area contributed by atoms with Gasteiger partial charge in [0.05, 0.1) is 12.7 Å². The molecule has 3 heteroatoms. The van der Waals surface area contributed by atoms with Crippen molar-refractivity contribution in [3.05, 3.63) is 78.4 Å². The van der Waals surface area contributed by atoms with E-state index in [1.807, 2.05) is 48.5 Å². The lowest BCUT2D eigenvalue weighted by molar-refractivity contribution is 0.0601. The minimum Gasteiger partial charge on any atom is -0.465 e. The van der Waals surface area contributed by atoms with Crippen LogP contribution in [0.4, 0.5) is 0 Å². The Morgan fingerprint density at radius 1 is 0.792 bits per heavy atom. The molecular weight excluding hydrogens is 316 g/mol. The molecule has 3 aromatic carbocycles. The smallest absolute Gasteiger partial charge is 0.338 e. The van der Waals surface area contributed by atoms with E-state index in [4.69, 9.17) is 4.74 Å². The summed E-state index contributed by atoms with van der Waals surface area (Å²) in [5.74, 6) is -0.314. The third-order valence-corrected chi connectivity index (χ3v) is 5.29. The van der Waals surface area contributed by atoms with Crippen molar-refractivity contribution in [2.75, 3.05) is 7.11 Å². The second-order valence-corrected chi connectivity index (χ2v) is 6.59. The predicted octanol–water partition coefficient (Wildman–Crippen LogP) is 5.79. The Balaban J connectivity index is 2.18. The van der Waals surface area contributed by atoms with Gasteiger partial charge >= 0.3 is 5.97 Å². The molecule has 0 unspecified atom stereocenters. The number of esters is 1. The topological polar surface area (TPSA) is 26.3 Å². The first kappa shape index (κ1) is 14.8. The van der Waals surface area contributed by atoms with Crippen LogP contribution >= 0.6 is 11.3 Å². The van der Waals surface area contributed by atoms with Crippen LogP contribution in [0.2, 0.25) is 0 Å². The molecule has 1 heterocycles. The van der Waals surface area contributed by atoms with E-state index < -0.39 is 0 Å². The van der Waals surface area contributed by atoms with Gasteiger partial charge in [-0.05, 0) is 23.8 Å². The molecule has 24 heavy (non-hydrogen) atoms. The fraction of sp³-hybridized carbons (Fsp3) is 0.0476. The summed E-state index contributed by atoms with van der Waals surface area (Å²) in [7, 11) is 1.42. The van der Waals surface area contributed by atoms with Gasteiger partial charge in [0.15, 0.2) is 0 Å². The zero-order chi connectivity index (χ0) is 16.5. The molecule has 4 aromatic rings. The fourth-order valence-electron chi connectivity index (χ4n) is 3.07. The van der Waals surface area contributed by atoms with E-state index in [0.29, 0.717) is 5.56 Å². The van der Waals surface area contributed by atoms with Gasteiger partial charge in [-0.25, -0.2) is 4.79 Å². The maximum atomic E-state index is 12.3. The summed E-state index contributed by atoms with van der Waals surface area (Å²) in [6.07, 6.45) is 0. The lowest BCUT2D eigenvalue weighted by atomic mass is 9.94. The molecule has 0 amide bonds. The van der Waals surface area contributed by atoms with Gasteiger partial charge < -0.3 is 4.74 Å². The Morgan fingerprint density at radius 2 is 1.33 bits per heavy atom. The number of methoxy groups -OCH3 is 1. The largest absolute Gasteiger partial charge is 0.465 e. The van der Waals surface area contributed by atoms with Crippen molar-refractivity contribution >= 4 is 37.5 Å². The van der Waals surface area contributed by atoms with Crippen molar-refractivity contribution in [2.45, 2.75) is 0 Å². The average molecular weight is 331 g/mol. The molecule has 0 aliphatic rings. The third-order valence-electron chi connectivity index (χ3n) is 4.13. The molecule has 1 aromatic heterocycles. The molecule has 0 fully saturated rings. The van der Waals surface area contributed by atoms with Crippen LogP contribution in [0.15, 0.2) is 72.8 Å². The minimum atomic E-state index is -0.314. The van der Waals surface area contributed by atoms with Gasteiger partial charge in [-0.1, -0.05) is 42.5 Å². The maximum Gasteiger partial charge on any atom is 0.338 e. The second-order valence-electron chi connectivity index (χ2n) is 5.51. The van der Waals surface area contributed by atoms with E-state index in [2.05, 4.69) is 24.3 Å². The van der Waals surface area contributed by atoms with Crippen molar-refractivity contribution in [3.8, 4) is 11.1 Å². The summed E-state index contributed by atoms with van der Waals surface area (Å²) in [6, 6.07) is 24.3. The van der Waals surface area contributed by atoms with Crippen LogP contribution in [-0.4, -0.2) is 13.1 Å². The van der Waals surface area contributed by atoms with Gasteiger partial charge in [0, 0.05) is 28.5 Å². The number of carbonyl (C=O) groups is 1. The Labute approximate surface area is 144 Å². The SMILES string of the molecule is COC(=O)c1ccccc1-c1c2ccccc2[s+]c2ccccc12. The van der Waals surface area contributed by atoms with Gasteiger partial charge in [-0.15, -0.1) is 0 Å². The number of hydrogen-bond donors (Lipinski definition) is 0. The summed E-state index contributed by atoms with van der Waals surface area (Å²) in [5, 5.41) is 2.30. The highest BCUT2D eigenvalue weighted by Gasteiger charge is 2.21. The Kier molecular flexibility index (Phi) is 3.71. The summed E-state index contributed by atoms with van der Waals surface area (Å²) in [5.41, 5.74) is 2.58. The van der Waals surface area contributed by atoms with E-state index in [1.54, 1.807) is 11.3 Å². The first-order valence-electron chi connectivity index (χ1n) is 7.71. The van der Waals surface area contributed by atoms with Crippen molar-refractivity contribution < 1.29 is 9.53 Å². The molecule has 4 rings (SSSR count). The zero-order valence-electron chi connectivity index (χ0n) is 13.2. The van der Waals surface area contributed by atoms with Crippen LogP contribution < -0.4 is 0 Å². The lowest BCUT2D eigenvalue weighted by Crippen LogP contribution is -2.03. The van der Waals surface area contributed by atoms with E-state index in [-0.39, 0.29) is 5.97 Å². The number of benzene rings is 3. The predicted molar refractivity (Wildman–Crippen MR) is 101 cm³/mol. The monoisotopic (exact) mass is 331 g/mol. The molecule has 116 valence electrons. The van der Waals surface area contributed by atoms with Gasteiger partial charge in [0.1, 0.15) is 0 Å². The second kappa shape index (κ2) is 6.02. The van der Waals surface area contributed by atoms with Crippen LogP contribution in [0.25, 0.3) is 31.3 Å². The highest BCUT2D eigenvalue weighted by molar-refractivity contribution is 7.24. The van der Waals surface area contributed by atoms with Crippen molar-refractivity contribution in [3.63, 3.8) is 0 Å². The van der Waals surface area contributed by atoms with E-state index in [0.717, 1.165) is 21.9 Å². The van der Waals surface area contributed by atoms with Crippen molar-refractivity contribution in [1.29, 1.82) is 0 Å². The number of fused-ring (bicyclic) bond motifs is 2. The van der Waals surface area contributed by atoms with E-state index in [9.17, 15) is 4.79 Å². The Morgan fingerprint density at radius 3 is 1.96 bits per heavy atom. The molecule has 0 aliphatic heterocycles. The molecule has 2 nitrogen and oxygen atoms in total. The molecule has 0 radical (unpaired) electrons. The van der Waals surface area contributed by atoms with E-state index >= 15 is 0 Å². The molecule has 0 atom stereocenters. The quantitative estimate of drug-likeness (QED) is 0.264. The highest BCUT2D eigenvalue weighted by atomic mass is 32.1. The first-order valence-corrected chi connectivity index (χ1v) is 8.52. The maximum absolute atomic E-state index is 12.3. The van der Waals surface area contributed by atoms with Gasteiger partial charge in [0.25, 0.3) is 0 Å². The average Bonchev–Trinajstić information content (AvgIpc) is 2.65. The van der Waals surface area contributed by atoms with Gasteiger partial charge in [0.2, 0.25) is 20.7 Å².